The third-order valence-corrected chi connectivity index (χ3v) is 4.03. The van der Waals surface area contributed by atoms with Gasteiger partial charge in [-0.25, -0.2) is 4.98 Å². The highest BCUT2D eigenvalue weighted by Gasteiger charge is 2.30. The van der Waals surface area contributed by atoms with Gasteiger partial charge >= 0.3 is 5.51 Å². The van der Waals surface area contributed by atoms with E-state index in [2.05, 4.69) is 18.8 Å². The SMILES string of the molecule is CCCCCCC(CC)c1ccc(SC(F)(F)F)nc1. The number of hydrogen-bond acceptors (Lipinski definition) is 2. The molecule has 0 spiro atoms. The molecule has 1 heterocycles. The molecule has 0 aliphatic rings. The first-order valence-electron chi connectivity index (χ1n) is 7.18. The molecule has 0 saturated heterocycles. The van der Waals surface area contributed by atoms with Gasteiger partial charge in [0.25, 0.3) is 0 Å². The summed E-state index contributed by atoms with van der Waals surface area (Å²) in [5.74, 6) is 0.407. The molecule has 20 heavy (non-hydrogen) atoms. The lowest BCUT2D eigenvalue weighted by Crippen LogP contribution is -2.02. The molecule has 1 nitrogen and oxygen atoms in total. The summed E-state index contributed by atoms with van der Waals surface area (Å²) in [6.45, 7) is 4.29. The average molecular weight is 305 g/mol. The quantitative estimate of drug-likeness (QED) is 0.421. The molecule has 1 unspecified atom stereocenters. The minimum absolute atomic E-state index is 0.0158. The number of nitrogens with zero attached hydrogens (tertiary/aromatic N) is 1. The Balaban J connectivity index is 2.56. The van der Waals surface area contributed by atoms with Crippen molar-refractivity contribution in [2.75, 3.05) is 0 Å². The minimum atomic E-state index is -4.27. The molecule has 114 valence electrons. The zero-order valence-electron chi connectivity index (χ0n) is 12.0. The van der Waals surface area contributed by atoms with Gasteiger partial charge in [-0.1, -0.05) is 45.6 Å². The van der Waals surface area contributed by atoms with Crippen molar-refractivity contribution in [3.8, 4) is 0 Å². The Kier molecular flexibility index (Phi) is 7.41. The topological polar surface area (TPSA) is 12.9 Å². The van der Waals surface area contributed by atoms with Gasteiger partial charge in [-0.05, 0) is 30.4 Å². The Morgan fingerprint density at radius 2 is 1.90 bits per heavy atom. The number of halogens is 3. The summed E-state index contributed by atoms with van der Waals surface area (Å²) in [4.78, 5) is 3.92. The molecule has 1 atom stereocenters. The molecule has 0 N–H and O–H groups in total. The van der Waals surface area contributed by atoms with Gasteiger partial charge in [0, 0.05) is 18.0 Å². The summed E-state index contributed by atoms with van der Waals surface area (Å²) < 4.78 is 36.7. The second kappa shape index (κ2) is 8.55. The Morgan fingerprint density at radius 3 is 2.40 bits per heavy atom. The van der Waals surface area contributed by atoms with Gasteiger partial charge in [0.15, 0.2) is 0 Å². The molecule has 0 radical (unpaired) electrons. The van der Waals surface area contributed by atoms with Crippen LogP contribution in [0.15, 0.2) is 23.4 Å². The molecule has 0 amide bonds. The van der Waals surface area contributed by atoms with E-state index in [1.54, 1.807) is 12.3 Å². The standard InChI is InChI=1S/C15H22F3NS/c1-3-5-6-7-8-12(4-2)13-9-10-14(19-11-13)20-15(16,17)18/h9-12H,3-8H2,1-2H3. The van der Waals surface area contributed by atoms with E-state index in [4.69, 9.17) is 0 Å². The van der Waals surface area contributed by atoms with E-state index >= 15 is 0 Å². The largest absolute Gasteiger partial charge is 0.447 e. The summed E-state index contributed by atoms with van der Waals surface area (Å²) >= 11 is -0.158. The normalized spacial score (nSPS) is 13.4. The van der Waals surface area contributed by atoms with Gasteiger partial charge in [0.1, 0.15) is 5.03 Å². The molecule has 0 bridgehead atoms. The first-order valence-corrected chi connectivity index (χ1v) is 7.99. The number of unbranched alkanes of at least 4 members (excludes halogenated alkanes) is 3. The third kappa shape index (κ3) is 6.64. The summed E-state index contributed by atoms with van der Waals surface area (Å²) in [5.41, 5.74) is -3.21. The Bertz CT molecular complexity index is 376. The highest BCUT2D eigenvalue weighted by molar-refractivity contribution is 8.00. The number of thioether (sulfide) groups is 1. The van der Waals surface area contributed by atoms with Crippen LogP contribution in [0.25, 0.3) is 0 Å². The molecule has 0 fully saturated rings. The molecule has 5 heteroatoms. The summed E-state index contributed by atoms with van der Waals surface area (Å²) in [6.07, 6.45) is 8.54. The lowest BCUT2D eigenvalue weighted by molar-refractivity contribution is -0.0329. The van der Waals surface area contributed by atoms with Gasteiger partial charge in [-0.2, -0.15) is 13.2 Å². The van der Waals surface area contributed by atoms with Crippen molar-refractivity contribution in [3.63, 3.8) is 0 Å². The summed E-state index contributed by atoms with van der Waals surface area (Å²) in [5, 5.41) is 0.0158. The first-order chi connectivity index (χ1) is 9.46. The molecule has 0 aliphatic carbocycles. The van der Waals surface area contributed by atoms with Crippen molar-refractivity contribution in [1.29, 1.82) is 0 Å². The molecule has 0 aliphatic heterocycles. The molecule has 0 aromatic carbocycles. The van der Waals surface area contributed by atoms with Crippen LogP contribution >= 0.6 is 11.8 Å². The number of rotatable bonds is 8. The second-order valence-electron chi connectivity index (χ2n) is 4.93. The highest BCUT2D eigenvalue weighted by atomic mass is 32.2. The maximum Gasteiger partial charge on any atom is 0.447 e. The molecule has 0 saturated carbocycles. The van der Waals surface area contributed by atoms with Crippen LogP contribution in [0, 0.1) is 0 Å². The van der Waals surface area contributed by atoms with Gasteiger partial charge in [-0.15, -0.1) is 0 Å². The fourth-order valence-corrected chi connectivity index (χ4v) is 2.71. The molecule has 1 rings (SSSR count). The predicted molar refractivity (Wildman–Crippen MR) is 77.9 cm³/mol. The van der Waals surface area contributed by atoms with Crippen LogP contribution < -0.4 is 0 Å². The van der Waals surface area contributed by atoms with E-state index in [1.165, 1.54) is 31.7 Å². The fraction of sp³-hybridized carbons (Fsp3) is 0.667. The third-order valence-electron chi connectivity index (χ3n) is 3.35. The second-order valence-corrected chi connectivity index (χ2v) is 6.02. The van der Waals surface area contributed by atoms with Crippen molar-refractivity contribution < 1.29 is 13.2 Å². The van der Waals surface area contributed by atoms with E-state index in [-0.39, 0.29) is 16.8 Å². The first kappa shape index (κ1) is 17.3. The van der Waals surface area contributed by atoms with Crippen molar-refractivity contribution in [2.45, 2.75) is 68.8 Å². The maximum absolute atomic E-state index is 12.2. The number of alkyl halides is 3. The van der Waals surface area contributed by atoms with Gasteiger partial charge < -0.3 is 0 Å². The molecule has 1 aromatic rings. The minimum Gasteiger partial charge on any atom is -0.249 e. The van der Waals surface area contributed by atoms with Crippen LogP contribution in [-0.4, -0.2) is 10.5 Å². The van der Waals surface area contributed by atoms with Crippen molar-refractivity contribution >= 4 is 11.8 Å². The van der Waals surface area contributed by atoms with E-state index in [9.17, 15) is 13.2 Å². The lowest BCUT2D eigenvalue weighted by Gasteiger charge is -2.15. The number of hydrogen-bond donors (Lipinski definition) is 0. The Morgan fingerprint density at radius 1 is 1.15 bits per heavy atom. The highest BCUT2D eigenvalue weighted by Crippen LogP contribution is 2.36. The zero-order valence-corrected chi connectivity index (χ0v) is 12.9. The van der Waals surface area contributed by atoms with Crippen LogP contribution in [0.2, 0.25) is 0 Å². The van der Waals surface area contributed by atoms with Crippen molar-refractivity contribution in [3.05, 3.63) is 23.9 Å². The zero-order chi connectivity index (χ0) is 15.0. The summed E-state index contributed by atoms with van der Waals surface area (Å²) in [7, 11) is 0. The monoisotopic (exact) mass is 305 g/mol. The van der Waals surface area contributed by atoms with E-state index in [0.29, 0.717) is 5.92 Å². The van der Waals surface area contributed by atoms with Crippen LogP contribution in [0.3, 0.4) is 0 Å². The smallest absolute Gasteiger partial charge is 0.249 e. The van der Waals surface area contributed by atoms with Gasteiger partial charge in [-0.3, -0.25) is 0 Å². The van der Waals surface area contributed by atoms with Crippen molar-refractivity contribution in [2.24, 2.45) is 0 Å². The van der Waals surface area contributed by atoms with E-state index < -0.39 is 5.51 Å². The molecular formula is C15H22F3NS. The van der Waals surface area contributed by atoms with E-state index in [0.717, 1.165) is 18.4 Å². The Labute approximate surface area is 123 Å². The van der Waals surface area contributed by atoms with Crippen molar-refractivity contribution in [1.82, 2.24) is 4.98 Å². The summed E-state index contributed by atoms with van der Waals surface area (Å²) in [6, 6.07) is 3.26. The van der Waals surface area contributed by atoms with E-state index in [1.807, 2.05) is 0 Å². The average Bonchev–Trinajstić information content (AvgIpc) is 2.38. The van der Waals surface area contributed by atoms with Crippen LogP contribution in [0.4, 0.5) is 13.2 Å². The van der Waals surface area contributed by atoms with Crippen LogP contribution in [-0.2, 0) is 0 Å². The molecule has 1 aromatic heterocycles. The van der Waals surface area contributed by atoms with Crippen LogP contribution in [0.5, 0.6) is 0 Å². The molecular weight excluding hydrogens is 283 g/mol. The maximum atomic E-state index is 12.2. The Hall–Kier alpha value is -0.710. The number of pyridine rings is 1. The lowest BCUT2D eigenvalue weighted by atomic mass is 9.92. The van der Waals surface area contributed by atoms with Gasteiger partial charge in [0.2, 0.25) is 0 Å². The van der Waals surface area contributed by atoms with Gasteiger partial charge in [0.05, 0.1) is 0 Å². The van der Waals surface area contributed by atoms with Crippen LogP contribution in [0.1, 0.15) is 63.9 Å². The predicted octanol–water partition coefficient (Wildman–Crippen LogP) is 6.16. The fourth-order valence-electron chi connectivity index (χ4n) is 2.24. The number of aromatic nitrogens is 1.